The zero-order valence-electron chi connectivity index (χ0n) is 9.43. The van der Waals surface area contributed by atoms with Gasteiger partial charge in [0.15, 0.2) is 0 Å². The number of carbonyl (C=O) groups is 1. The van der Waals surface area contributed by atoms with Gasteiger partial charge in [0.1, 0.15) is 0 Å². The van der Waals surface area contributed by atoms with E-state index in [-0.39, 0.29) is 12.6 Å². The topological polar surface area (TPSA) is 42.0 Å². The van der Waals surface area contributed by atoms with Gasteiger partial charge in [0.25, 0.3) is 0 Å². The van der Waals surface area contributed by atoms with Crippen LogP contribution in [-0.2, 0) is 4.79 Å². The molecule has 0 radical (unpaired) electrons. The number of amides is 1. The highest BCUT2D eigenvalue weighted by molar-refractivity contribution is 5.96. The third-order valence-corrected chi connectivity index (χ3v) is 2.51. The number of carbonyl (C=O) groups excluding carboxylic acids is 1. The van der Waals surface area contributed by atoms with Gasteiger partial charge in [-0.3, -0.25) is 9.78 Å². The van der Waals surface area contributed by atoms with E-state index in [9.17, 15) is 31.1 Å². The second-order valence-electron chi connectivity index (χ2n) is 3.82. The van der Waals surface area contributed by atoms with Crippen molar-refractivity contribution in [3.05, 3.63) is 24.5 Å². The first-order chi connectivity index (χ1) is 8.50. The molecule has 1 aromatic heterocycles. The summed E-state index contributed by atoms with van der Waals surface area (Å²) in [7, 11) is 0. The second-order valence-corrected chi connectivity index (χ2v) is 3.82. The summed E-state index contributed by atoms with van der Waals surface area (Å²) in [6.45, 7) is -0.210. The predicted octanol–water partition coefficient (Wildman–Crippen LogP) is 3.15. The Morgan fingerprint density at radius 2 is 1.68 bits per heavy atom. The predicted molar refractivity (Wildman–Crippen MR) is 53.1 cm³/mol. The van der Waals surface area contributed by atoms with Crippen LogP contribution < -0.4 is 5.32 Å². The van der Waals surface area contributed by atoms with Gasteiger partial charge >= 0.3 is 12.4 Å². The first-order valence-electron chi connectivity index (χ1n) is 4.85. The second kappa shape index (κ2) is 4.71. The third kappa shape index (κ3) is 2.79. The monoisotopic (exact) mass is 286 g/mol. The van der Waals surface area contributed by atoms with Crippen molar-refractivity contribution < 1.29 is 31.1 Å². The zero-order valence-corrected chi connectivity index (χ0v) is 9.43. The minimum atomic E-state index is -5.77. The molecule has 0 unspecified atom stereocenters. The van der Waals surface area contributed by atoms with Crippen molar-refractivity contribution in [1.82, 2.24) is 4.98 Å². The minimum absolute atomic E-state index is 0.210. The summed E-state index contributed by atoms with van der Waals surface area (Å²) in [5, 5.41) is 1.55. The molecule has 19 heavy (non-hydrogen) atoms. The molecular weight excluding hydrogens is 278 g/mol. The summed E-state index contributed by atoms with van der Waals surface area (Å²) in [5.41, 5.74) is -4.75. The normalized spacial score (nSPS) is 13.2. The Hall–Kier alpha value is -1.80. The van der Waals surface area contributed by atoms with Crippen molar-refractivity contribution >= 4 is 11.6 Å². The molecule has 1 N–H and O–H groups in total. The number of alkyl halides is 6. The number of anilines is 1. The average molecular weight is 286 g/mol. The lowest BCUT2D eigenvalue weighted by Gasteiger charge is -2.32. The first-order valence-corrected chi connectivity index (χ1v) is 4.85. The van der Waals surface area contributed by atoms with Gasteiger partial charge in [-0.15, -0.1) is 0 Å². The van der Waals surface area contributed by atoms with Crippen molar-refractivity contribution in [2.75, 3.05) is 5.32 Å². The average Bonchev–Trinajstić information content (AvgIpc) is 2.26. The van der Waals surface area contributed by atoms with Gasteiger partial charge in [0.05, 0.1) is 11.9 Å². The van der Waals surface area contributed by atoms with Crippen LogP contribution >= 0.6 is 0 Å². The molecule has 0 aromatic carbocycles. The molecule has 1 aromatic rings. The van der Waals surface area contributed by atoms with Crippen LogP contribution in [0.1, 0.15) is 6.92 Å². The number of nitrogens with one attached hydrogen (secondary N) is 1. The van der Waals surface area contributed by atoms with Crippen LogP contribution in [0.15, 0.2) is 24.5 Å². The largest absolute Gasteiger partial charge is 0.411 e. The molecule has 1 heterocycles. The van der Waals surface area contributed by atoms with E-state index < -0.39 is 23.7 Å². The summed E-state index contributed by atoms with van der Waals surface area (Å²) in [6, 6.07) is 2.38. The zero-order chi connectivity index (χ0) is 14.9. The standard InChI is InChI=1S/C10H8F6N2O/c1-8(9(11,12)13,10(14,15)16)7(19)18-6-3-2-4-17-5-6/h2-5H,1H3,(H,18,19). The number of nitrogens with zero attached hydrogens (tertiary/aromatic N) is 1. The van der Waals surface area contributed by atoms with E-state index >= 15 is 0 Å². The quantitative estimate of drug-likeness (QED) is 0.849. The Kier molecular flexibility index (Phi) is 3.78. The van der Waals surface area contributed by atoms with Crippen molar-refractivity contribution in [1.29, 1.82) is 0 Å². The maximum Gasteiger partial charge on any atom is 0.411 e. The smallest absolute Gasteiger partial charge is 0.324 e. The molecule has 0 aliphatic carbocycles. The van der Waals surface area contributed by atoms with E-state index in [2.05, 4.69) is 4.98 Å². The molecule has 3 nitrogen and oxygen atoms in total. The van der Waals surface area contributed by atoms with Gasteiger partial charge in [-0.1, -0.05) is 0 Å². The molecule has 0 bridgehead atoms. The van der Waals surface area contributed by atoms with E-state index in [0.717, 1.165) is 12.3 Å². The summed E-state index contributed by atoms with van der Waals surface area (Å²) in [4.78, 5) is 14.8. The van der Waals surface area contributed by atoms with Gasteiger partial charge in [0.2, 0.25) is 11.3 Å². The van der Waals surface area contributed by atoms with Crippen molar-refractivity contribution in [3.63, 3.8) is 0 Å². The van der Waals surface area contributed by atoms with E-state index in [0.29, 0.717) is 0 Å². The molecule has 0 atom stereocenters. The molecule has 0 fully saturated rings. The molecule has 9 heteroatoms. The minimum Gasteiger partial charge on any atom is -0.324 e. The highest BCUT2D eigenvalue weighted by Gasteiger charge is 2.72. The van der Waals surface area contributed by atoms with Crippen LogP contribution in [0.25, 0.3) is 0 Å². The number of hydrogen-bond donors (Lipinski definition) is 1. The Labute approximate surface area is 103 Å². The molecule has 0 saturated heterocycles. The molecule has 1 rings (SSSR count). The van der Waals surface area contributed by atoms with Crippen LogP contribution in [0.2, 0.25) is 0 Å². The van der Waals surface area contributed by atoms with Crippen LogP contribution in [0.3, 0.4) is 0 Å². The van der Waals surface area contributed by atoms with Gasteiger partial charge in [-0.25, -0.2) is 0 Å². The maximum absolute atomic E-state index is 12.6. The maximum atomic E-state index is 12.6. The highest BCUT2D eigenvalue weighted by Crippen LogP contribution is 2.50. The summed E-state index contributed by atoms with van der Waals surface area (Å²) in [6.07, 6.45) is -9.34. The highest BCUT2D eigenvalue weighted by atomic mass is 19.4. The van der Waals surface area contributed by atoms with Gasteiger partial charge in [-0.2, -0.15) is 26.3 Å². The lowest BCUT2D eigenvalue weighted by atomic mass is 9.87. The number of hydrogen-bond acceptors (Lipinski definition) is 2. The molecule has 106 valence electrons. The van der Waals surface area contributed by atoms with Crippen LogP contribution in [-0.4, -0.2) is 23.2 Å². The van der Waals surface area contributed by atoms with Gasteiger partial charge < -0.3 is 5.32 Å². The molecular formula is C10H8F6N2O. The van der Waals surface area contributed by atoms with Crippen molar-refractivity contribution in [3.8, 4) is 0 Å². The van der Waals surface area contributed by atoms with Crippen molar-refractivity contribution in [2.24, 2.45) is 5.41 Å². The fourth-order valence-corrected chi connectivity index (χ4v) is 1.11. The summed E-state index contributed by atoms with van der Waals surface area (Å²) >= 11 is 0. The van der Waals surface area contributed by atoms with Crippen LogP contribution in [0.5, 0.6) is 0 Å². The fourth-order valence-electron chi connectivity index (χ4n) is 1.11. The molecule has 0 aliphatic heterocycles. The Bertz CT molecular complexity index is 439. The third-order valence-electron chi connectivity index (χ3n) is 2.51. The van der Waals surface area contributed by atoms with Crippen molar-refractivity contribution in [2.45, 2.75) is 19.3 Å². The number of rotatable bonds is 2. The van der Waals surface area contributed by atoms with E-state index in [4.69, 9.17) is 0 Å². The number of pyridine rings is 1. The SMILES string of the molecule is CC(C(=O)Nc1cccnc1)(C(F)(F)F)C(F)(F)F. The fraction of sp³-hybridized carbons (Fsp3) is 0.400. The lowest BCUT2D eigenvalue weighted by molar-refractivity contribution is -0.317. The Balaban J connectivity index is 3.11. The molecule has 0 saturated carbocycles. The molecule has 0 spiro atoms. The first kappa shape index (κ1) is 15.3. The Morgan fingerprint density at radius 3 is 2.05 bits per heavy atom. The molecule has 0 aliphatic rings. The Morgan fingerprint density at radius 1 is 1.16 bits per heavy atom. The van der Waals surface area contributed by atoms with Gasteiger partial charge in [-0.05, 0) is 19.1 Å². The number of aromatic nitrogens is 1. The molecule has 1 amide bonds. The van der Waals surface area contributed by atoms with Gasteiger partial charge in [0, 0.05) is 6.20 Å². The van der Waals surface area contributed by atoms with E-state index in [1.807, 2.05) is 0 Å². The van der Waals surface area contributed by atoms with Crippen LogP contribution in [0, 0.1) is 5.41 Å². The van der Waals surface area contributed by atoms with E-state index in [1.165, 1.54) is 12.3 Å². The van der Waals surface area contributed by atoms with Crippen LogP contribution in [0.4, 0.5) is 32.0 Å². The lowest BCUT2D eigenvalue weighted by Crippen LogP contribution is -2.55. The summed E-state index contributed by atoms with van der Waals surface area (Å²) in [5.74, 6) is -2.21. The number of halogens is 6. The van der Waals surface area contributed by atoms with E-state index in [1.54, 1.807) is 5.32 Å². The summed E-state index contributed by atoms with van der Waals surface area (Å²) < 4.78 is 75.3.